The molecule has 7 heteroatoms. The summed E-state index contributed by atoms with van der Waals surface area (Å²) < 4.78 is 37.4. The molecule has 0 saturated carbocycles. The molecular formula is C16H16Cl2F3NO. The Balaban J connectivity index is 2.30. The van der Waals surface area contributed by atoms with E-state index in [1.54, 1.807) is 18.2 Å². The first-order valence-corrected chi connectivity index (χ1v) is 7.89. The van der Waals surface area contributed by atoms with E-state index in [9.17, 15) is 18.0 Å². The Labute approximate surface area is 142 Å². The summed E-state index contributed by atoms with van der Waals surface area (Å²) in [5.74, 6) is 0.0352. The van der Waals surface area contributed by atoms with Crippen LogP contribution >= 0.6 is 23.2 Å². The molecule has 23 heavy (non-hydrogen) atoms. The minimum atomic E-state index is -4.29. The van der Waals surface area contributed by atoms with Crippen LogP contribution in [0.2, 0.25) is 10.0 Å². The van der Waals surface area contributed by atoms with Crippen LogP contribution in [0.3, 0.4) is 0 Å². The average Bonchev–Trinajstić information content (AvgIpc) is 2.41. The number of carbonyl (C=O) groups is 1. The maximum Gasteiger partial charge on any atom is 0.401 e. The van der Waals surface area contributed by atoms with Crippen LogP contribution in [0.25, 0.3) is 5.57 Å². The van der Waals surface area contributed by atoms with Crippen LogP contribution in [0.1, 0.15) is 30.4 Å². The molecule has 126 valence electrons. The minimum Gasteiger partial charge on any atom is -0.295 e. The van der Waals surface area contributed by atoms with E-state index < -0.39 is 12.7 Å². The first kappa shape index (κ1) is 18.3. The summed E-state index contributed by atoms with van der Waals surface area (Å²) in [6.45, 7) is -1.07. The Morgan fingerprint density at radius 2 is 1.91 bits per heavy atom. The van der Waals surface area contributed by atoms with Gasteiger partial charge in [-0.05, 0) is 43.2 Å². The second kappa shape index (κ2) is 7.24. The number of halogens is 5. The molecule has 0 N–H and O–H groups in total. The van der Waals surface area contributed by atoms with Gasteiger partial charge >= 0.3 is 6.18 Å². The van der Waals surface area contributed by atoms with E-state index in [4.69, 9.17) is 23.2 Å². The molecule has 0 heterocycles. The fraction of sp³-hybridized carbons (Fsp3) is 0.438. The van der Waals surface area contributed by atoms with Gasteiger partial charge in [0.25, 0.3) is 0 Å². The van der Waals surface area contributed by atoms with E-state index in [0.29, 0.717) is 34.0 Å². The van der Waals surface area contributed by atoms with Crippen molar-refractivity contribution in [1.29, 1.82) is 0 Å². The highest BCUT2D eigenvalue weighted by Crippen LogP contribution is 2.36. The third-order valence-corrected chi connectivity index (χ3v) is 4.40. The Hall–Kier alpha value is -1.04. The van der Waals surface area contributed by atoms with E-state index in [1.165, 1.54) is 7.05 Å². The second-order valence-electron chi connectivity index (χ2n) is 5.66. The van der Waals surface area contributed by atoms with Crippen LogP contribution in [0.5, 0.6) is 0 Å². The number of hydrogen-bond donors (Lipinski definition) is 0. The SMILES string of the molecule is CN(Cc1c(Cl)ccc(C2=CC(=O)CCC2)c1Cl)CC(F)(F)F. The van der Waals surface area contributed by atoms with Gasteiger partial charge in [0.1, 0.15) is 0 Å². The Morgan fingerprint density at radius 3 is 2.52 bits per heavy atom. The van der Waals surface area contributed by atoms with Crippen molar-refractivity contribution in [1.82, 2.24) is 4.90 Å². The lowest BCUT2D eigenvalue weighted by Gasteiger charge is -2.22. The Morgan fingerprint density at radius 1 is 1.22 bits per heavy atom. The van der Waals surface area contributed by atoms with Crippen molar-refractivity contribution >= 4 is 34.6 Å². The highest BCUT2D eigenvalue weighted by Gasteiger charge is 2.29. The zero-order valence-electron chi connectivity index (χ0n) is 12.5. The third kappa shape index (κ3) is 4.96. The lowest BCUT2D eigenvalue weighted by Crippen LogP contribution is -2.30. The van der Waals surface area contributed by atoms with Crippen molar-refractivity contribution in [2.45, 2.75) is 32.0 Å². The third-order valence-electron chi connectivity index (χ3n) is 3.61. The predicted octanol–water partition coefficient (Wildman–Crippen LogP) is 5.12. The molecule has 0 radical (unpaired) electrons. The summed E-state index contributed by atoms with van der Waals surface area (Å²) in [6.07, 6.45) is -0.765. The fourth-order valence-electron chi connectivity index (χ4n) is 2.63. The topological polar surface area (TPSA) is 20.3 Å². The van der Waals surface area contributed by atoms with Crippen molar-refractivity contribution < 1.29 is 18.0 Å². The van der Waals surface area contributed by atoms with Gasteiger partial charge in [0, 0.05) is 23.6 Å². The van der Waals surface area contributed by atoms with Gasteiger partial charge in [-0.15, -0.1) is 0 Å². The largest absolute Gasteiger partial charge is 0.401 e. The van der Waals surface area contributed by atoms with Gasteiger partial charge in [0.2, 0.25) is 0 Å². The van der Waals surface area contributed by atoms with Gasteiger partial charge in [-0.3, -0.25) is 9.69 Å². The van der Waals surface area contributed by atoms with Crippen molar-refractivity contribution in [3.8, 4) is 0 Å². The van der Waals surface area contributed by atoms with Crippen LogP contribution in [0.15, 0.2) is 18.2 Å². The molecule has 0 saturated heterocycles. The van der Waals surface area contributed by atoms with Crippen LogP contribution in [0, 0.1) is 0 Å². The molecule has 0 spiro atoms. The van der Waals surface area contributed by atoms with Gasteiger partial charge in [0.15, 0.2) is 5.78 Å². The number of carbonyl (C=O) groups excluding carboxylic acids is 1. The van der Waals surface area contributed by atoms with Gasteiger partial charge in [-0.1, -0.05) is 29.3 Å². The molecule has 1 aliphatic rings. The molecule has 0 fully saturated rings. The molecule has 0 amide bonds. The second-order valence-corrected chi connectivity index (χ2v) is 6.45. The van der Waals surface area contributed by atoms with Crippen LogP contribution < -0.4 is 0 Å². The number of ketones is 1. The molecule has 1 aromatic carbocycles. The number of allylic oxidation sites excluding steroid dienone is 2. The van der Waals surface area contributed by atoms with E-state index in [2.05, 4.69) is 0 Å². The summed E-state index contributed by atoms with van der Waals surface area (Å²) in [7, 11) is 1.36. The highest BCUT2D eigenvalue weighted by molar-refractivity contribution is 6.37. The van der Waals surface area contributed by atoms with Gasteiger partial charge in [-0.2, -0.15) is 13.2 Å². The fourth-order valence-corrected chi connectivity index (χ4v) is 3.24. The van der Waals surface area contributed by atoms with Gasteiger partial charge in [-0.25, -0.2) is 0 Å². The van der Waals surface area contributed by atoms with E-state index in [-0.39, 0.29) is 12.3 Å². The molecular weight excluding hydrogens is 350 g/mol. The smallest absolute Gasteiger partial charge is 0.295 e. The van der Waals surface area contributed by atoms with Gasteiger partial charge < -0.3 is 0 Å². The highest BCUT2D eigenvalue weighted by atomic mass is 35.5. The maximum atomic E-state index is 12.5. The Kier molecular flexibility index (Phi) is 5.76. The van der Waals surface area contributed by atoms with E-state index in [1.807, 2.05) is 0 Å². The molecule has 2 nitrogen and oxygen atoms in total. The molecule has 0 aliphatic heterocycles. The maximum absolute atomic E-state index is 12.5. The number of alkyl halides is 3. The first-order valence-electron chi connectivity index (χ1n) is 7.13. The summed E-state index contributed by atoms with van der Waals surface area (Å²) in [4.78, 5) is 12.7. The lowest BCUT2D eigenvalue weighted by atomic mass is 9.92. The summed E-state index contributed by atoms with van der Waals surface area (Å²) >= 11 is 12.5. The van der Waals surface area contributed by atoms with Crippen LogP contribution in [-0.4, -0.2) is 30.5 Å². The number of benzene rings is 1. The molecule has 0 aromatic heterocycles. The zero-order valence-corrected chi connectivity index (χ0v) is 14.0. The van der Waals surface area contributed by atoms with Gasteiger partial charge in [0.05, 0.1) is 11.6 Å². The minimum absolute atomic E-state index is 0.0216. The predicted molar refractivity (Wildman–Crippen MR) is 85.7 cm³/mol. The van der Waals surface area contributed by atoms with Crippen molar-refractivity contribution in [2.75, 3.05) is 13.6 Å². The van der Waals surface area contributed by atoms with Crippen molar-refractivity contribution in [2.24, 2.45) is 0 Å². The average molecular weight is 366 g/mol. The van der Waals surface area contributed by atoms with Crippen LogP contribution in [-0.2, 0) is 11.3 Å². The summed E-state index contributed by atoms with van der Waals surface area (Å²) in [5, 5.41) is 0.628. The lowest BCUT2D eigenvalue weighted by molar-refractivity contribution is -0.144. The summed E-state index contributed by atoms with van der Waals surface area (Å²) in [6, 6.07) is 3.32. The van der Waals surface area contributed by atoms with Crippen molar-refractivity contribution in [3.05, 3.63) is 39.4 Å². The first-order chi connectivity index (χ1) is 10.7. The van der Waals surface area contributed by atoms with Crippen LogP contribution in [0.4, 0.5) is 13.2 Å². The molecule has 0 bridgehead atoms. The number of rotatable bonds is 4. The molecule has 2 rings (SSSR count). The molecule has 0 unspecified atom stereocenters. The quantitative estimate of drug-likeness (QED) is 0.737. The standard InChI is InChI=1S/C16H16Cl2F3NO/c1-22(9-16(19,20)21)8-13-14(17)6-5-12(15(13)18)10-3-2-4-11(23)7-10/h5-7H,2-4,8-9H2,1H3. The molecule has 1 aliphatic carbocycles. The van der Waals surface area contributed by atoms with E-state index in [0.717, 1.165) is 16.9 Å². The van der Waals surface area contributed by atoms with Crippen molar-refractivity contribution in [3.63, 3.8) is 0 Å². The molecule has 1 aromatic rings. The Bertz CT molecular complexity index is 641. The van der Waals surface area contributed by atoms with E-state index >= 15 is 0 Å². The normalized spacial score (nSPS) is 16.0. The zero-order chi connectivity index (χ0) is 17.2. The summed E-state index contributed by atoms with van der Waals surface area (Å²) in [5.41, 5.74) is 1.92. The number of nitrogens with zero attached hydrogens (tertiary/aromatic N) is 1. The number of hydrogen-bond acceptors (Lipinski definition) is 2. The monoisotopic (exact) mass is 365 g/mol. The molecule has 0 atom stereocenters.